The molecule has 1 aromatic rings. The third kappa shape index (κ3) is 3.75. The van der Waals surface area contributed by atoms with Crippen molar-refractivity contribution >= 4 is 5.91 Å². The van der Waals surface area contributed by atoms with Gasteiger partial charge in [-0.2, -0.15) is 0 Å². The molecule has 4 nitrogen and oxygen atoms in total. The zero-order chi connectivity index (χ0) is 13.8. The monoisotopic (exact) mass is 266 g/mol. The Morgan fingerprint density at radius 3 is 2.63 bits per heavy atom. The molecule has 0 saturated carbocycles. The highest BCUT2D eigenvalue weighted by Crippen LogP contribution is 2.16. The fourth-order valence-electron chi connectivity index (χ4n) is 2.31. The van der Waals surface area contributed by atoms with Gasteiger partial charge in [-0.15, -0.1) is 0 Å². The van der Waals surface area contributed by atoms with Crippen LogP contribution in [0.4, 0.5) is 4.39 Å². The van der Waals surface area contributed by atoms with Crippen LogP contribution in [0.2, 0.25) is 0 Å². The van der Waals surface area contributed by atoms with Crippen LogP contribution >= 0.6 is 0 Å². The molecular formula is C14H19FN2O2. The number of halogens is 1. The number of aliphatic hydroxyl groups is 1. The Labute approximate surface area is 112 Å². The highest BCUT2D eigenvalue weighted by molar-refractivity contribution is 5.73. The Bertz CT molecular complexity index is 445. The van der Waals surface area contributed by atoms with Gasteiger partial charge in [0.05, 0.1) is 6.10 Å². The van der Waals surface area contributed by atoms with Crippen LogP contribution in [-0.4, -0.2) is 53.5 Å². The van der Waals surface area contributed by atoms with Gasteiger partial charge in [0, 0.05) is 39.6 Å². The first-order chi connectivity index (χ1) is 9.06. The maximum Gasteiger partial charge on any atom is 0.219 e. The molecule has 1 N–H and O–H groups in total. The van der Waals surface area contributed by atoms with Crippen molar-refractivity contribution in [1.29, 1.82) is 0 Å². The fourth-order valence-corrected chi connectivity index (χ4v) is 2.31. The van der Waals surface area contributed by atoms with E-state index in [0.29, 0.717) is 25.2 Å². The normalized spacial score (nSPS) is 18.4. The van der Waals surface area contributed by atoms with Gasteiger partial charge in [-0.05, 0) is 17.7 Å². The van der Waals surface area contributed by atoms with Crippen LogP contribution in [0.3, 0.4) is 0 Å². The van der Waals surface area contributed by atoms with Crippen molar-refractivity contribution < 1.29 is 14.3 Å². The first-order valence-electron chi connectivity index (χ1n) is 6.47. The van der Waals surface area contributed by atoms with E-state index in [-0.39, 0.29) is 11.7 Å². The second-order valence-electron chi connectivity index (χ2n) is 4.88. The van der Waals surface area contributed by atoms with Crippen molar-refractivity contribution in [3.8, 4) is 0 Å². The molecule has 1 aliphatic heterocycles. The van der Waals surface area contributed by atoms with Crippen LogP contribution in [0.15, 0.2) is 24.3 Å². The molecule has 1 aromatic carbocycles. The lowest BCUT2D eigenvalue weighted by Crippen LogP contribution is -2.48. The third-order valence-electron chi connectivity index (χ3n) is 3.48. The predicted molar refractivity (Wildman–Crippen MR) is 70.1 cm³/mol. The molecule has 1 aliphatic rings. The molecule has 0 aliphatic carbocycles. The van der Waals surface area contributed by atoms with Crippen molar-refractivity contribution in [2.24, 2.45) is 0 Å². The largest absolute Gasteiger partial charge is 0.387 e. The van der Waals surface area contributed by atoms with Gasteiger partial charge >= 0.3 is 0 Å². The molecule has 1 fully saturated rings. The lowest BCUT2D eigenvalue weighted by Gasteiger charge is -2.35. The number of nitrogens with zero attached hydrogens (tertiary/aromatic N) is 2. The third-order valence-corrected chi connectivity index (χ3v) is 3.48. The Balaban J connectivity index is 1.87. The Morgan fingerprint density at radius 2 is 2.05 bits per heavy atom. The van der Waals surface area contributed by atoms with Crippen molar-refractivity contribution in [3.05, 3.63) is 35.6 Å². The van der Waals surface area contributed by atoms with Crippen molar-refractivity contribution in [2.75, 3.05) is 32.7 Å². The van der Waals surface area contributed by atoms with E-state index in [1.54, 1.807) is 24.0 Å². The smallest absolute Gasteiger partial charge is 0.219 e. The number of hydrogen-bond acceptors (Lipinski definition) is 3. The average molecular weight is 266 g/mol. The molecular weight excluding hydrogens is 247 g/mol. The van der Waals surface area contributed by atoms with E-state index in [9.17, 15) is 14.3 Å². The average Bonchev–Trinajstić information content (AvgIpc) is 2.39. The van der Waals surface area contributed by atoms with Crippen LogP contribution in [0, 0.1) is 5.82 Å². The van der Waals surface area contributed by atoms with E-state index in [0.717, 1.165) is 13.1 Å². The molecule has 0 unspecified atom stereocenters. The maximum atomic E-state index is 13.1. The summed E-state index contributed by atoms with van der Waals surface area (Å²) in [5.74, 6) is -0.247. The summed E-state index contributed by atoms with van der Waals surface area (Å²) in [5, 5.41) is 10.1. The number of piperazine rings is 1. The SMILES string of the molecule is CC(=O)N1CCN(C[C@H](O)c2cccc(F)c2)CC1. The summed E-state index contributed by atoms with van der Waals surface area (Å²) in [6.45, 7) is 4.89. The second-order valence-corrected chi connectivity index (χ2v) is 4.88. The van der Waals surface area contributed by atoms with Gasteiger partial charge in [0.1, 0.15) is 5.82 Å². The topological polar surface area (TPSA) is 43.8 Å². The maximum absolute atomic E-state index is 13.1. The standard InChI is InChI=1S/C14H19FN2O2/c1-11(18)17-7-5-16(6-8-17)10-14(19)12-3-2-4-13(15)9-12/h2-4,9,14,19H,5-8,10H2,1H3/t14-/m0/s1. The quantitative estimate of drug-likeness (QED) is 0.888. The number of aliphatic hydroxyl groups excluding tert-OH is 1. The number of β-amino-alcohol motifs (C(OH)–C–C–N with tert-alkyl or cyclic N) is 1. The van der Waals surface area contributed by atoms with Crippen LogP contribution < -0.4 is 0 Å². The first-order valence-corrected chi connectivity index (χ1v) is 6.47. The molecule has 0 radical (unpaired) electrons. The first kappa shape index (κ1) is 14.0. The molecule has 1 atom stereocenters. The van der Waals surface area contributed by atoms with Gasteiger partial charge < -0.3 is 10.0 Å². The van der Waals surface area contributed by atoms with Crippen LogP contribution in [0.5, 0.6) is 0 Å². The molecule has 0 spiro atoms. The van der Waals surface area contributed by atoms with Crippen LogP contribution in [-0.2, 0) is 4.79 Å². The Morgan fingerprint density at radius 1 is 1.37 bits per heavy atom. The molecule has 2 rings (SSSR count). The van der Waals surface area contributed by atoms with E-state index >= 15 is 0 Å². The zero-order valence-electron chi connectivity index (χ0n) is 11.1. The summed E-state index contributed by atoms with van der Waals surface area (Å²) in [6, 6.07) is 6.04. The molecule has 1 saturated heterocycles. The molecule has 0 bridgehead atoms. The fraction of sp³-hybridized carbons (Fsp3) is 0.500. The Hall–Kier alpha value is -1.46. The number of hydrogen-bond donors (Lipinski definition) is 1. The molecule has 5 heteroatoms. The molecule has 0 aromatic heterocycles. The van der Waals surface area contributed by atoms with Crippen molar-refractivity contribution in [1.82, 2.24) is 9.80 Å². The van der Waals surface area contributed by atoms with Crippen LogP contribution in [0.1, 0.15) is 18.6 Å². The minimum atomic E-state index is -0.695. The highest BCUT2D eigenvalue weighted by Gasteiger charge is 2.21. The lowest BCUT2D eigenvalue weighted by molar-refractivity contribution is -0.130. The van der Waals surface area contributed by atoms with Gasteiger partial charge in [-0.1, -0.05) is 12.1 Å². The number of benzene rings is 1. The molecule has 19 heavy (non-hydrogen) atoms. The predicted octanol–water partition coefficient (Wildman–Crippen LogP) is 1.02. The van der Waals surface area contributed by atoms with Crippen molar-refractivity contribution in [2.45, 2.75) is 13.0 Å². The number of carbonyl (C=O) groups excluding carboxylic acids is 1. The van der Waals surface area contributed by atoms with Gasteiger partial charge in [-0.25, -0.2) is 4.39 Å². The number of carbonyl (C=O) groups is 1. The number of rotatable bonds is 3. The van der Waals surface area contributed by atoms with E-state index in [2.05, 4.69) is 4.90 Å². The summed E-state index contributed by atoms with van der Waals surface area (Å²) in [7, 11) is 0. The minimum absolute atomic E-state index is 0.0883. The van der Waals surface area contributed by atoms with E-state index in [1.807, 2.05) is 0 Å². The van der Waals surface area contributed by atoms with Gasteiger partial charge in [-0.3, -0.25) is 9.69 Å². The zero-order valence-corrected chi connectivity index (χ0v) is 11.1. The van der Waals surface area contributed by atoms with Crippen LogP contribution in [0.25, 0.3) is 0 Å². The van der Waals surface area contributed by atoms with Gasteiger partial charge in [0.15, 0.2) is 0 Å². The summed E-state index contributed by atoms with van der Waals surface area (Å²) in [6.07, 6.45) is -0.695. The van der Waals surface area contributed by atoms with Gasteiger partial charge in [0.25, 0.3) is 0 Å². The molecule has 1 heterocycles. The van der Waals surface area contributed by atoms with Crippen molar-refractivity contribution in [3.63, 3.8) is 0 Å². The summed E-state index contributed by atoms with van der Waals surface area (Å²) in [5.41, 5.74) is 0.592. The summed E-state index contributed by atoms with van der Waals surface area (Å²) in [4.78, 5) is 15.1. The van der Waals surface area contributed by atoms with Gasteiger partial charge in [0.2, 0.25) is 5.91 Å². The minimum Gasteiger partial charge on any atom is -0.387 e. The lowest BCUT2D eigenvalue weighted by atomic mass is 10.1. The summed E-state index contributed by atoms with van der Waals surface area (Å²) >= 11 is 0. The second kappa shape index (κ2) is 6.12. The Kier molecular flexibility index (Phi) is 4.50. The molecule has 1 amide bonds. The number of amides is 1. The molecule has 104 valence electrons. The van der Waals surface area contributed by atoms with E-state index < -0.39 is 6.10 Å². The van der Waals surface area contributed by atoms with E-state index in [1.165, 1.54) is 12.1 Å². The van der Waals surface area contributed by atoms with E-state index in [4.69, 9.17) is 0 Å². The highest BCUT2D eigenvalue weighted by atomic mass is 19.1. The summed E-state index contributed by atoms with van der Waals surface area (Å²) < 4.78 is 13.1.